The SMILES string of the molecule is Cc1ccnc(-c2cc(-c3nc4ccccc4o3)ccn2)c1.[Cl-].[Ir].c1ccc(-c2ccccn2)nc1.c1ccc(-c2ccccn2)nc1. The van der Waals surface area contributed by atoms with Gasteiger partial charge >= 0.3 is 0 Å². The maximum Gasteiger partial charge on any atom is 0.227 e. The molecule has 8 nitrogen and oxygen atoms in total. The predicted molar refractivity (Wildman–Crippen MR) is 180 cm³/mol. The molecular weight excluding hydrogens is 798 g/mol. The predicted octanol–water partition coefficient (Wildman–Crippen LogP) is 5.55. The van der Waals surface area contributed by atoms with E-state index in [1.807, 2.05) is 128 Å². The molecule has 0 atom stereocenters. The quantitative estimate of drug-likeness (QED) is 0.228. The Kier molecular flexibility index (Phi) is 13.3. The first kappa shape index (κ1) is 35.4. The van der Waals surface area contributed by atoms with Gasteiger partial charge < -0.3 is 16.8 Å². The molecule has 0 saturated heterocycles. The summed E-state index contributed by atoms with van der Waals surface area (Å²) >= 11 is 0. The van der Waals surface area contributed by atoms with Crippen LogP contribution in [0.4, 0.5) is 0 Å². The van der Waals surface area contributed by atoms with E-state index in [9.17, 15) is 0 Å². The van der Waals surface area contributed by atoms with E-state index < -0.39 is 0 Å². The molecule has 0 unspecified atom stereocenters. The molecule has 10 heteroatoms. The zero-order chi connectivity index (χ0) is 31.4. The molecule has 0 spiro atoms. The van der Waals surface area contributed by atoms with Crippen molar-refractivity contribution in [3.8, 4) is 45.6 Å². The molecule has 0 N–H and O–H groups in total. The summed E-state index contributed by atoms with van der Waals surface area (Å²) < 4.78 is 5.81. The van der Waals surface area contributed by atoms with Crippen molar-refractivity contribution in [3.63, 3.8) is 0 Å². The molecule has 8 aromatic rings. The molecular formula is C38H29ClIrN7O-. The van der Waals surface area contributed by atoms with E-state index in [-0.39, 0.29) is 32.5 Å². The molecule has 48 heavy (non-hydrogen) atoms. The number of hydrogen-bond acceptors (Lipinski definition) is 8. The summed E-state index contributed by atoms with van der Waals surface area (Å²) in [6.07, 6.45) is 10.6. The van der Waals surface area contributed by atoms with Gasteiger partial charge in [-0.2, -0.15) is 0 Å². The van der Waals surface area contributed by atoms with Crippen molar-refractivity contribution in [1.29, 1.82) is 0 Å². The molecule has 0 aliphatic carbocycles. The van der Waals surface area contributed by atoms with Gasteiger partial charge in [0.2, 0.25) is 5.89 Å². The number of benzene rings is 1. The van der Waals surface area contributed by atoms with Crippen LogP contribution in [-0.2, 0) is 20.1 Å². The Morgan fingerprint density at radius 3 is 1.33 bits per heavy atom. The van der Waals surface area contributed by atoms with Crippen LogP contribution in [0.15, 0.2) is 163 Å². The van der Waals surface area contributed by atoms with Gasteiger partial charge in [0, 0.05) is 62.8 Å². The monoisotopic (exact) mass is 827 g/mol. The standard InChI is InChI=1S/C18H13N3O.2C10H8N2.ClH.Ir/c1-12-6-8-19-15(10-12)16-11-13(7-9-20-16)18-21-14-4-2-3-5-17(14)22-18;2*1-3-7-11-9(5-1)10-6-2-4-8-12-10;;/h2-11H,1H3;2*1-8H;1H;/p-1. The van der Waals surface area contributed by atoms with Crippen LogP contribution in [0, 0.1) is 6.92 Å². The minimum absolute atomic E-state index is 0. The fourth-order valence-corrected chi connectivity index (χ4v) is 4.43. The van der Waals surface area contributed by atoms with Gasteiger partial charge in [-0.15, -0.1) is 0 Å². The number of pyridine rings is 6. The Morgan fingerprint density at radius 1 is 0.438 bits per heavy atom. The second kappa shape index (κ2) is 18.0. The van der Waals surface area contributed by atoms with Crippen LogP contribution >= 0.6 is 0 Å². The van der Waals surface area contributed by atoms with Gasteiger partial charge in [-0.1, -0.05) is 36.4 Å². The molecule has 0 saturated carbocycles. The average molecular weight is 827 g/mol. The van der Waals surface area contributed by atoms with Crippen molar-refractivity contribution in [1.82, 2.24) is 34.9 Å². The molecule has 0 fully saturated rings. The summed E-state index contributed by atoms with van der Waals surface area (Å²) in [4.78, 5) is 30.0. The van der Waals surface area contributed by atoms with Crippen LogP contribution in [0.5, 0.6) is 0 Å². The fraction of sp³-hybridized carbons (Fsp3) is 0.0263. The van der Waals surface area contributed by atoms with E-state index in [4.69, 9.17) is 4.42 Å². The van der Waals surface area contributed by atoms with Crippen molar-refractivity contribution in [2.75, 3.05) is 0 Å². The molecule has 8 rings (SSSR count). The first-order chi connectivity index (χ1) is 22.7. The normalized spacial score (nSPS) is 9.85. The molecule has 239 valence electrons. The van der Waals surface area contributed by atoms with Gasteiger partial charge in [-0.05, 0) is 97.4 Å². The molecule has 1 radical (unpaired) electrons. The molecule has 7 heterocycles. The van der Waals surface area contributed by atoms with Crippen LogP contribution in [0.3, 0.4) is 0 Å². The Balaban J connectivity index is 0.000000172. The number of hydrogen-bond donors (Lipinski definition) is 0. The minimum atomic E-state index is 0. The van der Waals surface area contributed by atoms with Crippen molar-refractivity contribution in [2.24, 2.45) is 0 Å². The smallest absolute Gasteiger partial charge is 0.227 e. The van der Waals surface area contributed by atoms with Crippen molar-refractivity contribution in [2.45, 2.75) is 6.92 Å². The third-order valence-corrected chi connectivity index (χ3v) is 6.66. The van der Waals surface area contributed by atoms with Crippen LogP contribution in [0.25, 0.3) is 56.7 Å². The third kappa shape index (κ3) is 9.53. The average Bonchev–Trinajstić information content (AvgIpc) is 3.59. The molecule has 7 aromatic heterocycles. The van der Waals surface area contributed by atoms with E-state index in [1.165, 1.54) is 0 Å². The van der Waals surface area contributed by atoms with Crippen molar-refractivity contribution >= 4 is 11.1 Å². The number of rotatable bonds is 4. The summed E-state index contributed by atoms with van der Waals surface area (Å²) in [6, 6.07) is 38.7. The maximum atomic E-state index is 5.81. The molecule has 0 bridgehead atoms. The number of aromatic nitrogens is 7. The Hall–Kier alpha value is -5.47. The van der Waals surface area contributed by atoms with Crippen LogP contribution in [0.1, 0.15) is 5.56 Å². The van der Waals surface area contributed by atoms with Gasteiger partial charge in [0.05, 0.1) is 34.2 Å². The Morgan fingerprint density at radius 2 is 0.875 bits per heavy atom. The summed E-state index contributed by atoms with van der Waals surface area (Å²) in [5.74, 6) is 0.595. The Bertz CT molecular complexity index is 1940. The summed E-state index contributed by atoms with van der Waals surface area (Å²) in [6.45, 7) is 2.04. The zero-order valence-electron chi connectivity index (χ0n) is 25.8. The third-order valence-electron chi connectivity index (χ3n) is 6.66. The van der Waals surface area contributed by atoms with E-state index in [0.717, 1.165) is 56.4 Å². The number of halogens is 1. The fourth-order valence-electron chi connectivity index (χ4n) is 4.43. The van der Waals surface area contributed by atoms with Crippen LogP contribution in [0.2, 0.25) is 0 Å². The summed E-state index contributed by atoms with van der Waals surface area (Å²) in [5, 5.41) is 0. The number of oxazole rings is 1. The number of para-hydroxylation sites is 2. The molecule has 0 aliphatic heterocycles. The van der Waals surface area contributed by atoms with Crippen molar-refractivity contribution in [3.05, 3.63) is 164 Å². The topological polar surface area (TPSA) is 103 Å². The first-order valence-corrected chi connectivity index (χ1v) is 14.6. The van der Waals surface area contributed by atoms with E-state index in [1.54, 1.807) is 37.2 Å². The molecule has 0 amide bonds. The van der Waals surface area contributed by atoms with Gasteiger partial charge in [-0.3, -0.25) is 29.9 Å². The Labute approximate surface area is 298 Å². The van der Waals surface area contributed by atoms with Gasteiger partial charge in [0.1, 0.15) is 5.52 Å². The molecule has 0 aliphatic rings. The van der Waals surface area contributed by atoms with E-state index >= 15 is 0 Å². The maximum absolute atomic E-state index is 5.81. The van der Waals surface area contributed by atoms with E-state index in [2.05, 4.69) is 34.9 Å². The summed E-state index contributed by atoms with van der Waals surface area (Å²) in [5.41, 5.74) is 8.99. The van der Waals surface area contributed by atoms with Crippen LogP contribution < -0.4 is 12.4 Å². The zero-order valence-corrected chi connectivity index (χ0v) is 28.9. The largest absolute Gasteiger partial charge is 1.00 e. The van der Waals surface area contributed by atoms with Gasteiger partial charge in [0.15, 0.2) is 5.58 Å². The van der Waals surface area contributed by atoms with Gasteiger partial charge in [0.25, 0.3) is 0 Å². The van der Waals surface area contributed by atoms with E-state index in [0.29, 0.717) is 5.89 Å². The number of fused-ring (bicyclic) bond motifs is 1. The van der Waals surface area contributed by atoms with Crippen molar-refractivity contribution < 1.29 is 36.9 Å². The molecule has 1 aromatic carbocycles. The van der Waals surface area contributed by atoms with Gasteiger partial charge in [-0.25, -0.2) is 4.98 Å². The van der Waals surface area contributed by atoms with Crippen LogP contribution in [-0.4, -0.2) is 34.9 Å². The second-order valence-corrected chi connectivity index (χ2v) is 9.99. The minimum Gasteiger partial charge on any atom is -1.00 e. The number of nitrogens with zero attached hydrogens (tertiary/aromatic N) is 7. The number of aryl methyl sites for hydroxylation is 1. The summed E-state index contributed by atoms with van der Waals surface area (Å²) in [7, 11) is 0. The second-order valence-electron chi connectivity index (χ2n) is 9.99. The first-order valence-electron chi connectivity index (χ1n) is 14.6.